The molecule has 2 aromatic carbocycles. The number of hydrogen-bond acceptors (Lipinski definition) is 6. The Kier molecular flexibility index (Phi) is 8.17. The molecule has 222 valence electrons. The summed E-state index contributed by atoms with van der Waals surface area (Å²) in [6, 6.07) is 6.98. The van der Waals surface area contributed by atoms with Gasteiger partial charge in [-0.3, -0.25) is 9.78 Å². The number of amides is 3. The first-order chi connectivity index (χ1) is 20.0. The minimum absolute atomic E-state index is 0.0224. The maximum Gasteiger partial charge on any atom is 0.321 e. The van der Waals surface area contributed by atoms with Gasteiger partial charge in [-0.15, -0.1) is 0 Å². The Balaban J connectivity index is 1.36. The zero-order chi connectivity index (χ0) is 30.2. The van der Waals surface area contributed by atoms with E-state index in [1.807, 2.05) is 11.9 Å². The summed E-state index contributed by atoms with van der Waals surface area (Å²) in [7, 11) is 1.90. The summed E-state index contributed by atoms with van der Waals surface area (Å²) >= 11 is 0. The second kappa shape index (κ2) is 11.7. The second-order valence-corrected chi connectivity index (χ2v) is 10.7. The Morgan fingerprint density at radius 1 is 1.00 bits per heavy atom. The van der Waals surface area contributed by atoms with Crippen LogP contribution < -0.4 is 16.4 Å². The van der Waals surface area contributed by atoms with Crippen molar-refractivity contribution in [3.05, 3.63) is 83.2 Å². The standard InChI is InChI=1S/C29H30F4N6O3/c1-38-12-17-14-39(28(41)37-21-7-19(30)6-20(31)8-21)15-18(13-38)29(17,42)26-3-2-16(11-36-26)22-9-25(33)23(10-24(22)32)27(40)35-5-4-34/h2-3,6-11,17-18,42H,4-5,12-15,34H2,1H3,(H,35,40)(H,37,41)/t17-,18+,29-. The Morgan fingerprint density at radius 3 is 2.26 bits per heavy atom. The number of urea groups is 1. The summed E-state index contributed by atoms with van der Waals surface area (Å²) in [6.07, 6.45) is 1.33. The van der Waals surface area contributed by atoms with E-state index in [-0.39, 0.29) is 43.0 Å². The normalized spacial score (nSPS) is 22.1. The van der Waals surface area contributed by atoms with Crippen molar-refractivity contribution in [3.63, 3.8) is 0 Å². The molecule has 9 nitrogen and oxygen atoms in total. The number of nitrogens with zero attached hydrogens (tertiary/aromatic N) is 3. The molecule has 0 unspecified atom stereocenters. The number of carbonyl (C=O) groups excluding carboxylic acids is 2. The fourth-order valence-electron chi connectivity index (χ4n) is 5.86. The Morgan fingerprint density at radius 2 is 1.67 bits per heavy atom. The first-order valence-electron chi connectivity index (χ1n) is 13.4. The van der Waals surface area contributed by atoms with Gasteiger partial charge in [0.2, 0.25) is 0 Å². The fourth-order valence-corrected chi connectivity index (χ4v) is 5.86. The van der Waals surface area contributed by atoms with Gasteiger partial charge in [-0.1, -0.05) is 6.07 Å². The Bertz CT molecular complexity index is 1470. The molecule has 2 saturated heterocycles. The van der Waals surface area contributed by atoms with Crippen LogP contribution in [0, 0.1) is 35.1 Å². The molecule has 0 spiro atoms. The number of pyridine rings is 1. The third kappa shape index (κ3) is 5.67. The lowest BCUT2D eigenvalue weighted by Gasteiger charge is -2.54. The summed E-state index contributed by atoms with van der Waals surface area (Å²) in [6.45, 7) is 1.40. The van der Waals surface area contributed by atoms with Crippen molar-refractivity contribution in [1.29, 1.82) is 0 Å². The number of aromatic nitrogens is 1. The molecule has 3 atom stereocenters. The number of nitrogens with two attached hydrogens (primary N) is 1. The smallest absolute Gasteiger partial charge is 0.321 e. The third-order valence-corrected chi connectivity index (χ3v) is 7.81. The van der Waals surface area contributed by atoms with E-state index >= 15 is 0 Å². The van der Waals surface area contributed by atoms with E-state index in [2.05, 4.69) is 15.6 Å². The number of aliphatic hydroxyl groups is 1. The summed E-state index contributed by atoms with van der Waals surface area (Å²) in [5, 5.41) is 16.9. The maximum absolute atomic E-state index is 14.9. The van der Waals surface area contributed by atoms with Gasteiger partial charge in [0, 0.05) is 80.2 Å². The molecule has 13 heteroatoms. The highest BCUT2D eigenvalue weighted by Gasteiger charge is 2.54. The molecule has 3 aromatic rings. The van der Waals surface area contributed by atoms with E-state index in [0.29, 0.717) is 24.8 Å². The van der Waals surface area contributed by atoms with E-state index in [4.69, 9.17) is 5.73 Å². The number of likely N-dealkylation sites (tertiary alicyclic amines) is 2. The topological polar surface area (TPSA) is 124 Å². The molecule has 0 saturated carbocycles. The van der Waals surface area contributed by atoms with Crippen LogP contribution in [0.4, 0.5) is 28.0 Å². The van der Waals surface area contributed by atoms with Gasteiger partial charge in [-0.05, 0) is 37.4 Å². The summed E-state index contributed by atoms with van der Waals surface area (Å²) in [5.74, 6) is -5.09. The number of piperidine rings is 2. The number of carbonyl (C=O) groups is 2. The van der Waals surface area contributed by atoms with Crippen LogP contribution in [0.3, 0.4) is 0 Å². The number of halogens is 4. The largest absolute Gasteiger partial charge is 0.383 e. The molecule has 0 radical (unpaired) electrons. The van der Waals surface area contributed by atoms with Gasteiger partial charge in [-0.25, -0.2) is 22.4 Å². The minimum atomic E-state index is -1.43. The molecule has 0 aliphatic carbocycles. The van der Waals surface area contributed by atoms with Crippen LogP contribution in [0.1, 0.15) is 16.1 Å². The highest BCUT2D eigenvalue weighted by Crippen LogP contribution is 2.44. The molecule has 2 bridgehead atoms. The quantitative estimate of drug-likeness (QED) is 0.330. The number of fused-ring (bicyclic) bond motifs is 2. The van der Waals surface area contributed by atoms with Crippen molar-refractivity contribution in [2.24, 2.45) is 17.6 Å². The average molecular weight is 587 g/mol. The number of anilines is 1. The predicted molar refractivity (Wildman–Crippen MR) is 146 cm³/mol. The van der Waals surface area contributed by atoms with Crippen molar-refractivity contribution < 1.29 is 32.3 Å². The number of nitrogens with one attached hydrogen (secondary N) is 2. The number of hydrogen-bond donors (Lipinski definition) is 4. The highest BCUT2D eigenvalue weighted by atomic mass is 19.1. The molecule has 5 N–H and O–H groups in total. The van der Waals surface area contributed by atoms with E-state index in [1.54, 1.807) is 6.07 Å². The van der Waals surface area contributed by atoms with Crippen LogP contribution in [0.15, 0.2) is 48.7 Å². The lowest BCUT2D eigenvalue weighted by molar-refractivity contribution is -0.155. The average Bonchev–Trinajstić information content (AvgIpc) is 2.93. The molecule has 3 heterocycles. The predicted octanol–water partition coefficient (Wildman–Crippen LogP) is 2.91. The number of rotatable bonds is 6. The summed E-state index contributed by atoms with van der Waals surface area (Å²) < 4.78 is 56.8. The van der Waals surface area contributed by atoms with E-state index < -0.39 is 58.2 Å². The Hall–Kier alpha value is -4.07. The van der Waals surface area contributed by atoms with Crippen molar-refractivity contribution in [2.45, 2.75) is 5.60 Å². The fraction of sp³-hybridized carbons (Fsp3) is 0.345. The Labute approximate surface area is 239 Å². The molecular formula is C29H30F4N6O3. The van der Waals surface area contributed by atoms with Gasteiger partial charge in [-0.2, -0.15) is 0 Å². The summed E-state index contributed by atoms with van der Waals surface area (Å²) in [5.41, 5.74) is 3.90. The van der Waals surface area contributed by atoms with Crippen LogP contribution in [0.5, 0.6) is 0 Å². The maximum atomic E-state index is 14.9. The lowest BCUT2D eigenvalue weighted by Crippen LogP contribution is -2.66. The van der Waals surface area contributed by atoms with E-state index in [0.717, 1.165) is 24.3 Å². The van der Waals surface area contributed by atoms with Gasteiger partial charge >= 0.3 is 6.03 Å². The monoisotopic (exact) mass is 586 g/mol. The summed E-state index contributed by atoms with van der Waals surface area (Å²) in [4.78, 5) is 33.1. The highest BCUT2D eigenvalue weighted by molar-refractivity contribution is 5.95. The zero-order valence-electron chi connectivity index (χ0n) is 22.7. The van der Waals surface area contributed by atoms with Crippen LogP contribution in [-0.4, -0.2) is 78.1 Å². The van der Waals surface area contributed by atoms with Gasteiger partial charge in [0.05, 0.1) is 11.3 Å². The minimum Gasteiger partial charge on any atom is -0.383 e. The van der Waals surface area contributed by atoms with Gasteiger partial charge in [0.25, 0.3) is 5.91 Å². The SMILES string of the molecule is CN1C[C@@H]2CN(C(=O)Nc3cc(F)cc(F)c3)C[C@H](C1)[C@@]2(O)c1ccc(-c2cc(F)c(C(=O)NCCN)cc2F)cn1. The molecule has 2 aliphatic rings. The number of benzene rings is 2. The lowest BCUT2D eigenvalue weighted by atomic mass is 9.68. The molecule has 1 aromatic heterocycles. The van der Waals surface area contributed by atoms with Crippen LogP contribution in [-0.2, 0) is 5.60 Å². The van der Waals surface area contributed by atoms with Crippen molar-refractivity contribution in [2.75, 3.05) is 51.6 Å². The first kappa shape index (κ1) is 29.4. The van der Waals surface area contributed by atoms with Crippen molar-refractivity contribution in [3.8, 4) is 11.1 Å². The molecule has 2 fully saturated rings. The van der Waals surface area contributed by atoms with Crippen LogP contribution >= 0.6 is 0 Å². The van der Waals surface area contributed by atoms with Crippen LogP contribution in [0.2, 0.25) is 0 Å². The van der Waals surface area contributed by atoms with Gasteiger partial charge in [0.15, 0.2) is 0 Å². The van der Waals surface area contributed by atoms with E-state index in [9.17, 15) is 32.3 Å². The molecular weight excluding hydrogens is 556 g/mol. The molecule has 3 amide bonds. The second-order valence-electron chi connectivity index (χ2n) is 10.7. The molecule has 5 rings (SSSR count). The van der Waals surface area contributed by atoms with Gasteiger partial charge in [0.1, 0.15) is 28.9 Å². The molecule has 2 aliphatic heterocycles. The molecule has 42 heavy (non-hydrogen) atoms. The van der Waals surface area contributed by atoms with Crippen molar-refractivity contribution in [1.82, 2.24) is 20.1 Å². The van der Waals surface area contributed by atoms with E-state index in [1.165, 1.54) is 17.2 Å². The first-order valence-corrected chi connectivity index (χ1v) is 13.4. The van der Waals surface area contributed by atoms with Crippen LogP contribution in [0.25, 0.3) is 11.1 Å². The zero-order valence-corrected chi connectivity index (χ0v) is 22.7. The third-order valence-electron chi connectivity index (χ3n) is 7.81. The van der Waals surface area contributed by atoms with Gasteiger partial charge < -0.3 is 31.3 Å². The van der Waals surface area contributed by atoms with Crippen molar-refractivity contribution >= 4 is 17.6 Å².